The number of ether oxygens (including phenoxy) is 1. The van der Waals surface area contributed by atoms with E-state index in [1.54, 1.807) is 12.3 Å². The first-order valence-electron chi connectivity index (χ1n) is 5.92. The lowest BCUT2D eigenvalue weighted by atomic mass is 10.1. The summed E-state index contributed by atoms with van der Waals surface area (Å²) in [6.07, 6.45) is 2.07. The number of hydrogen-bond donors (Lipinski definition) is 1. The maximum absolute atomic E-state index is 6.08. The Morgan fingerprint density at radius 2 is 2.06 bits per heavy atom. The van der Waals surface area contributed by atoms with Crippen molar-refractivity contribution in [2.75, 3.05) is 0 Å². The Kier molecular flexibility index (Phi) is 4.28. The summed E-state index contributed by atoms with van der Waals surface area (Å²) in [5, 5.41) is 0.567. The molecule has 0 fully saturated rings. The summed E-state index contributed by atoms with van der Waals surface area (Å²) in [7, 11) is 0. The normalized spacial score (nSPS) is 14.2. The molecule has 0 radical (unpaired) electrons. The number of furan rings is 1. The molecule has 1 heterocycles. The summed E-state index contributed by atoms with van der Waals surface area (Å²) in [5.41, 5.74) is 6.08. The average Bonchev–Trinajstić information content (AvgIpc) is 2.90. The van der Waals surface area contributed by atoms with Gasteiger partial charge in [-0.15, -0.1) is 0 Å². The Hall–Kier alpha value is -1.45. The highest BCUT2D eigenvalue weighted by molar-refractivity contribution is 6.32. The molecule has 0 saturated heterocycles. The van der Waals surface area contributed by atoms with Crippen molar-refractivity contribution >= 4 is 11.6 Å². The predicted octanol–water partition coefficient (Wildman–Crippen LogP) is 3.79. The third-order valence-corrected chi connectivity index (χ3v) is 3.09. The number of nitrogens with two attached hydrogens (primary N) is 1. The van der Waals surface area contributed by atoms with E-state index in [4.69, 9.17) is 26.5 Å². The van der Waals surface area contributed by atoms with E-state index in [0.29, 0.717) is 16.5 Å². The van der Waals surface area contributed by atoms with Crippen molar-refractivity contribution in [3.05, 3.63) is 53.4 Å². The maximum atomic E-state index is 6.08. The van der Waals surface area contributed by atoms with Crippen LogP contribution in [0.25, 0.3) is 0 Å². The zero-order valence-electron chi connectivity index (χ0n) is 10.2. The molecule has 2 atom stereocenters. The van der Waals surface area contributed by atoms with Crippen LogP contribution in [0.3, 0.4) is 0 Å². The largest absolute Gasteiger partial charge is 0.479 e. The molecular weight excluding hydrogens is 250 g/mol. The van der Waals surface area contributed by atoms with Gasteiger partial charge in [0.05, 0.1) is 11.3 Å². The van der Waals surface area contributed by atoms with Crippen LogP contribution in [-0.2, 0) is 0 Å². The number of benzene rings is 1. The van der Waals surface area contributed by atoms with Crippen LogP contribution in [0, 0.1) is 0 Å². The molecule has 1 aromatic carbocycles. The highest BCUT2D eigenvalue weighted by atomic mass is 35.5. The fourth-order valence-electron chi connectivity index (χ4n) is 1.70. The Morgan fingerprint density at radius 1 is 1.28 bits per heavy atom. The number of hydrogen-bond acceptors (Lipinski definition) is 3. The van der Waals surface area contributed by atoms with Gasteiger partial charge in [-0.1, -0.05) is 30.7 Å². The SMILES string of the molecule is CCC(N)C(Oc1ccccc1Cl)c1ccco1. The first kappa shape index (κ1) is 13.0. The third kappa shape index (κ3) is 2.86. The monoisotopic (exact) mass is 265 g/mol. The summed E-state index contributed by atoms with van der Waals surface area (Å²) in [6.45, 7) is 2.01. The second-order valence-corrected chi connectivity index (χ2v) is 4.46. The van der Waals surface area contributed by atoms with E-state index in [9.17, 15) is 0 Å². The van der Waals surface area contributed by atoms with Crippen LogP contribution in [0.15, 0.2) is 47.1 Å². The number of rotatable bonds is 5. The van der Waals surface area contributed by atoms with Gasteiger partial charge in [0, 0.05) is 6.04 Å². The van der Waals surface area contributed by atoms with Crippen molar-refractivity contribution in [2.45, 2.75) is 25.5 Å². The fourth-order valence-corrected chi connectivity index (χ4v) is 1.88. The van der Waals surface area contributed by atoms with Crippen LogP contribution in [-0.4, -0.2) is 6.04 Å². The van der Waals surface area contributed by atoms with Crippen LogP contribution in [0.4, 0.5) is 0 Å². The lowest BCUT2D eigenvalue weighted by molar-refractivity contribution is 0.145. The average molecular weight is 266 g/mol. The first-order chi connectivity index (χ1) is 8.72. The molecule has 0 aliphatic heterocycles. The van der Waals surface area contributed by atoms with Crippen molar-refractivity contribution in [3.8, 4) is 5.75 Å². The Balaban J connectivity index is 2.24. The molecule has 2 N–H and O–H groups in total. The van der Waals surface area contributed by atoms with Crippen LogP contribution in [0.1, 0.15) is 25.2 Å². The molecule has 2 aromatic rings. The molecular formula is C14H16ClNO2. The van der Waals surface area contributed by atoms with Crippen LogP contribution >= 0.6 is 11.6 Å². The summed E-state index contributed by atoms with van der Waals surface area (Å²) in [6, 6.07) is 10.9. The Morgan fingerprint density at radius 3 is 2.67 bits per heavy atom. The third-order valence-electron chi connectivity index (χ3n) is 2.77. The van der Waals surface area contributed by atoms with E-state index in [0.717, 1.165) is 6.42 Å². The molecule has 2 rings (SSSR count). The van der Waals surface area contributed by atoms with E-state index in [1.807, 2.05) is 37.3 Å². The van der Waals surface area contributed by atoms with Crippen molar-refractivity contribution in [1.82, 2.24) is 0 Å². The molecule has 96 valence electrons. The second kappa shape index (κ2) is 5.94. The van der Waals surface area contributed by atoms with E-state index < -0.39 is 0 Å². The molecule has 0 aliphatic carbocycles. The van der Waals surface area contributed by atoms with E-state index in [1.165, 1.54) is 0 Å². The molecule has 4 heteroatoms. The molecule has 0 amide bonds. The molecule has 3 nitrogen and oxygen atoms in total. The van der Waals surface area contributed by atoms with Crippen molar-refractivity contribution in [3.63, 3.8) is 0 Å². The van der Waals surface area contributed by atoms with Gasteiger partial charge in [-0.3, -0.25) is 0 Å². The minimum atomic E-state index is -0.329. The number of halogens is 1. The van der Waals surface area contributed by atoms with E-state index in [-0.39, 0.29) is 12.1 Å². The van der Waals surface area contributed by atoms with Crippen LogP contribution < -0.4 is 10.5 Å². The molecule has 0 aliphatic rings. The molecule has 2 unspecified atom stereocenters. The van der Waals surface area contributed by atoms with Gasteiger partial charge in [-0.05, 0) is 30.7 Å². The van der Waals surface area contributed by atoms with Gasteiger partial charge >= 0.3 is 0 Å². The minimum Gasteiger partial charge on any atom is -0.479 e. The molecule has 18 heavy (non-hydrogen) atoms. The van der Waals surface area contributed by atoms with Crippen molar-refractivity contribution in [2.24, 2.45) is 5.73 Å². The summed E-state index contributed by atoms with van der Waals surface area (Å²) in [5.74, 6) is 1.33. The second-order valence-electron chi connectivity index (χ2n) is 4.06. The fraction of sp³-hybridized carbons (Fsp3) is 0.286. The van der Waals surface area contributed by atoms with Gasteiger partial charge in [0.1, 0.15) is 11.5 Å². The molecule has 1 aromatic heterocycles. The minimum absolute atomic E-state index is 0.146. The van der Waals surface area contributed by atoms with Gasteiger partial charge < -0.3 is 14.9 Å². The van der Waals surface area contributed by atoms with Gasteiger partial charge in [-0.2, -0.15) is 0 Å². The lowest BCUT2D eigenvalue weighted by Gasteiger charge is -2.22. The van der Waals surface area contributed by atoms with Crippen molar-refractivity contribution < 1.29 is 9.15 Å². The summed E-state index contributed by atoms with van der Waals surface area (Å²) in [4.78, 5) is 0. The summed E-state index contributed by atoms with van der Waals surface area (Å²) < 4.78 is 11.3. The van der Waals surface area contributed by atoms with Gasteiger partial charge in [0.25, 0.3) is 0 Å². The van der Waals surface area contributed by atoms with Gasteiger partial charge in [0.2, 0.25) is 0 Å². The van der Waals surface area contributed by atoms with Crippen LogP contribution in [0.2, 0.25) is 5.02 Å². The summed E-state index contributed by atoms with van der Waals surface area (Å²) >= 11 is 6.08. The van der Waals surface area contributed by atoms with E-state index in [2.05, 4.69) is 0 Å². The zero-order chi connectivity index (χ0) is 13.0. The highest BCUT2D eigenvalue weighted by Gasteiger charge is 2.23. The predicted molar refractivity (Wildman–Crippen MR) is 71.8 cm³/mol. The smallest absolute Gasteiger partial charge is 0.171 e. The quantitative estimate of drug-likeness (QED) is 0.895. The van der Waals surface area contributed by atoms with Crippen molar-refractivity contribution in [1.29, 1.82) is 0 Å². The van der Waals surface area contributed by atoms with E-state index >= 15 is 0 Å². The lowest BCUT2D eigenvalue weighted by Crippen LogP contribution is -2.31. The van der Waals surface area contributed by atoms with Crippen LogP contribution in [0.5, 0.6) is 5.75 Å². The zero-order valence-corrected chi connectivity index (χ0v) is 10.9. The maximum Gasteiger partial charge on any atom is 0.171 e. The highest BCUT2D eigenvalue weighted by Crippen LogP contribution is 2.30. The molecule has 0 bridgehead atoms. The van der Waals surface area contributed by atoms with Gasteiger partial charge in [-0.25, -0.2) is 0 Å². The standard InChI is InChI=1S/C14H16ClNO2/c1-2-11(16)14(13-8-5-9-17-13)18-12-7-4-3-6-10(12)15/h3-9,11,14H,2,16H2,1H3. The van der Waals surface area contributed by atoms with Gasteiger partial charge in [0.15, 0.2) is 6.10 Å². The Bertz CT molecular complexity index is 484. The Labute approximate surface area is 111 Å². The molecule has 0 spiro atoms. The first-order valence-corrected chi connectivity index (χ1v) is 6.30. The molecule has 0 saturated carbocycles. The topological polar surface area (TPSA) is 48.4 Å². The number of para-hydroxylation sites is 1.